The molecule has 27 heavy (non-hydrogen) atoms. The second kappa shape index (κ2) is 6.16. The van der Waals surface area contributed by atoms with Crippen molar-refractivity contribution in [2.75, 3.05) is 0 Å². The summed E-state index contributed by atoms with van der Waals surface area (Å²) in [6.07, 6.45) is 3.39. The fraction of sp³-hybridized carbons (Fsp3) is 0.565. The van der Waals surface area contributed by atoms with Crippen molar-refractivity contribution < 1.29 is 14.0 Å². The Labute approximate surface area is 164 Å². The Morgan fingerprint density at radius 2 is 1.74 bits per heavy atom. The Bertz CT molecular complexity index is 803. The summed E-state index contributed by atoms with van der Waals surface area (Å²) < 4.78 is 6.60. The molecule has 4 heteroatoms. The van der Waals surface area contributed by atoms with Crippen LogP contribution in [0.1, 0.15) is 39.7 Å². The lowest BCUT2D eigenvalue weighted by molar-refractivity contribution is -0.164. The first-order valence-electron chi connectivity index (χ1n) is 9.85. The molecule has 0 saturated heterocycles. The molecule has 0 unspecified atom stereocenters. The second-order valence-corrected chi connectivity index (χ2v) is 14.5. The van der Waals surface area contributed by atoms with E-state index in [0.717, 1.165) is 5.76 Å². The van der Waals surface area contributed by atoms with E-state index in [1.165, 1.54) is 5.56 Å². The van der Waals surface area contributed by atoms with E-state index >= 15 is 0 Å². The van der Waals surface area contributed by atoms with Crippen LogP contribution in [0.2, 0.25) is 19.6 Å². The summed E-state index contributed by atoms with van der Waals surface area (Å²) in [7, 11) is -1.88. The van der Waals surface area contributed by atoms with Gasteiger partial charge in [-0.25, -0.2) is 0 Å². The van der Waals surface area contributed by atoms with Crippen molar-refractivity contribution in [2.45, 2.75) is 60.2 Å². The number of hydrogen-bond donors (Lipinski definition) is 0. The molecule has 1 aromatic rings. The summed E-state index contributed by atoms with van der Waals surface area (Å²) in [5.41, 5.74) is -0.674. The fourth-order valence-corrected chi connectivity index (χ4v) is 6.11. The fourth-order valence-electron chi connectivity index (χ4n) is 5.20. The van der Waals surface area contributed by atoms with Crippen molar-refractivity contribution in [1.82, 2.24) is 0 Å². The van der Waals surface area contributed by atoms with Crippen molar-refractivity contribution in [3.05, 3.63) is 47.7 Å². The molecule has 0 heterocycles. The lowest BCUT2D eigenvalue weighted by atomic mass is 9.41. The highest BCUT2D eigenvalue weighted by Crippen LogP contribution is 2.66. The quantitative estimate of drug-likeness (QED) is 0.657. The molecule has 1 aromatic carbocycles. The molecule has 1 fully saturated rings. The van der Waals surface area contributed by atoms with Crippen LogP contribution in [0.15, 0.2) is 42.2 Å². The highest BCUT2D eigenvalue weighted by Gasteiger charge is 2.68. The lowest BCUT2D eigenvalue weighted by Crippen LogP contribution is -2.64. The summed E-state index contributed by atoms with van der Waals surface area (Å²) in [4.78, 5) is 26.1. The predicted molar refractivity (Wildman–Crippen MR) is 111 cm³/mol. The summed E-state index contributed by atoms with van der Waals surface area (Å²) in [6, 6.07) is 10.3. The van der Waals surface area contributed by atoms with Gasteiger partial charge in [-0.1, -0.05) is 44.2 Å². The molecule has 3 atom stereocenters. The number of fused-ring (bicyclic) bond motifs is 2. The number of benzene rings is 1. The zero-order chi connectivity index (χ0) is 20.3. The minimum absolute atomic E-state index is 0.0992. The van der Waals surface area contributed by atoms with E-state index < -0.39 is 24.6 Å². The lowest BCUT2D eigenvalue weighted by Gasteiger charge is -2.61. The number of Topliss-reactive ketones (excluding diaryl/α,β-unsaturated/α-hetero) is 2. The van der Waals surface area contributed by atoms with Crippen LogP contribution in [0.5, 0.6) is 0 Å². The Balaban J connectivity index is 2.23. The first-order chi connectivity index (χ1) is 12.3. The maximum Gasteiger partial charge on any atom is 0.241 e. The highest BCUT2D eigenvalue weighted by molar-refractivity contribution is 6.70. The summed E-state index contributed by atoms with van der Waals surface area (Å²) >= 11 is 0. The molecule has 0 aromatic heterocycles. The number of carbonyl (C=O) groups is 2. The topological polar surface area (TPSA) is 43.4 Å². The summed E-state index contributed by atoms with van der Waals surface area (Å²) in [5, 5.41) is 0. The average molecular weight is 385 g/mol. The molecule has 3 nitrogen and oxygen atoms in total. The monoisotopic (exact) mass is 384 g/mol. The van der Waals surface area contributed by atoms with E-state index in [9.17, 15) is 9.59 Å². The van der Waals surface area contributed by atoms with Gasteiger partial charge in [0.1, 0.15) is 11.6 Å². The van der Waals surface area contributed by atoms with Crippen LogP contribution in [-0.2, 0) is 20.4 Å². The average Bonchev–Trinajstić information content (AvgIpc) is 2.54. The van der Waals surface area contributed by atoms with Gasteiger partial charge in [0.25, 0.3) is 0 Å². The molecule has 3 aliphatic carbocycles. The Morgan fingerprint density at radius 1 is 1.15 bits per heavy atom. The zero-order valence-electron chi connectivity index (χ0n) is 17.7. The van der Waals surface area contributed by atoms with Crippen LogP contribution >= 0.6 is 0 Å². The third kappa shape index (κ3) is 3.02. The number of allylic oxidation sites excluding steroid dienone is 2. The maximum atomic E-state index is 13.6. The predicted octanol–water partition coefficient (Wildman–Crippen LogP) is 5.18. The van der Waals surface area contributed by atoms with Crippen molar-refractivity contribution in [3.63, 3.8) is 0 Å². The van der Waals surface area contributed by atoms with Gasteiger partial charge in [0.15, 0.2) is 0 Å². The molecule has 4 rings (SSSR count). The molecule has 3 aliphatic rings. The van der Waals surface area contributed by atoms with Crippen molar-refractivity contribution in [3.8, 4) is 0 Å². The number of hydrogen-bond acceptors (Lipinski definition) is 3. The third-order valence-corrected chi connectivity index (χ3v) is 7.52. The molecular weight excluding hydrogens is 352 g/mol. The van der Waals surface area contributed by atoms with E-state index in [0.29, 0.717) is 12.8 Å². The molecule has 0 amide bonds. The molecular formula is C23H32O3Si. The molecule has 0 N–H and O–H groups in total. The van der Waals surface area contributed by atoms with Crippen LogP contribution < -0.4 is 0 Å². The van der Waals surface area contributed by atoms with Crippen LogP contribution in [-0.4, -0.2) is 19.9 Å². The molecule has 0 radical (unpaired) electrons. The first kappa shape index (κ1) is 20.1. The molecule has 0 spiro atoms. The third-order valence-electron chi connectivity index (χ3n) is 6.69. The SMILES string of the molecule is CC(=O)[C@H]1C[C@@]2(Cc3ccccc3)C(O[Si](C)(C)C)=C[C@]1(C)C(=O)C2(C)C. The van der Waals surface area contributed by atoms with Crippen molar-refractivity contribution in [2.24, 2.45) is 22.2 Å². The van der Waals surface area contributed by atoms with Gasteiger partial charge in [-0.15, -0.1) is 0 Å². The standard InChI is InChI=1S/C23H32O3Si/c1-16(24)18-14-23(13-17-11-9-8-10-12-17)19(26-27(5,6)7)15-22(18,4)20(25)21(23,2)3/h8-12,15,18H,13-14H2,1-7H3/t18-,22+,23+/m1/s1. The van der Waals surface area contributed by atoms with E-state index in [1.807, 2.05) is 45.0 Å². The molecule has 0 aliphatic heterocycles. The van der Waals surface area contributed by atoms with Gasteiger partial charge in [0.05, 0.1) is 11.2 Å². The van der Waals surface area contributed by atoms with Crippen molar-refractivity contribution in [1.29, 1.82) is 0 Å². The van der Waals surface area contributed by atoms with E-state index in [2.05, 4.69) is 31.8 Å². The van der Waals surface area contributed by atoms with Crippen LogP contribution in [0.25, 0.3) is 0 Å². The van der Waals surface area contributed by atoms with E-state index in [1.54, 1.807) is 6.92 Å². The zero-order valence-corrected chi connectivity index (χ0v) is 18.7. The van der Waals surface area contributed by atoms with Gasteiger partial charge >= 0.3 is 0 Å². The minimum atomic E-state index is -1.88. The van der Waals surface area contributed by atoms with E-state index in [-0.39, 0.29) is 17.5 Å². The largest absolute Gasteiger partial charge is 0.547 e. The van der Waals surface area contributed by atoms with Gasteiger partial charge in [-0.2, -0.15) is 0 Å². The smallest absolute Gasteiger partial charge is 0.241 e. The minimum Gasteiger partial charge on any atom is -0.547 e. The van der Waals surface area contributed by atoms with Gasteiger partial charge in [0, 0.05) is 16.7 Å². The van der Waals surface area contributed by atoms with Gasteiger partial charge in [-0.05, 0) is 58.0 Å². The first-order valence-corrected chi connectivity index (χ1v) is 13.3. The van der Waals surface area contributed by atoms with Crippen LogP contribution in [0, 0.1) is 22.2 Å². The number of ketones is 2. The highest BCUT2D eigenvalue weighted by atomic mass is 28.4. The van der Waals surface area contributed by atoms with Crippen LogP contribution in [0.4, 0.5) is 0 Å². The summed E-state index contributed by atoms with van der Waals surface area (Å²) in [5.74, 6) is 0.924. The molecule has 146 valence electrons. The Kier molecular flexibility index (Phi) is 4.58. The molecule has 1 saturated carbocycles. The molecule has 2 bridgehead atoms. The normalized spacial score (nSPS) is 32.2. The maximum absolute atomic E-state index is 13.6. The van der Waals surface area contributed by atoms with E-state index in [4.69, 9.17) is 4.43 Å². The number of rotatable bonds is 5. The summed E-state index contributed by atoms with van der Waals surface area (Å²) in [6.45, 7) is 14.2. The van der Waals surface area contributed by atoms with Gasteiger partial charge in [0.2, 0.25) is 8.32 Å². The number of carbonyl (C=O) groups excluding carboxylic acids is 2. The van der Waals surface area contributed by atoms with Crippen LogP contribution in [0.3, 0.4) is 0 Å². The Morgan fingerprint density at radius 3 is 2.26 bits per heavy atom. The second-order valence-electron chi connectivity index (χ2n) is 10.1. The van der Waals surface area contributed by atoms with Gasteiger partial charge < -0.3 is 4.43 Å². The Hall–Kier alpha value is -1.68. The van der Waals surface area contributed by atoms with Gasteiger partial charge in [-0.3, -0.25) is 9.59 Å². The van der Waals surface area contributed by atoms with Crippen molar-refractivity contribution >= 4 is 19.9 Å².